The summed E-state index contributed by atoms with van der Waals surface area (Å²) in [6.45, 7) is 1.12. The summed E-state index contributed by atoms with van der Waals surface area (Å²) in [5, 5.41) is 3.52. The molecule has 0 saturated carbocycles. The van der Waals surface area contributed by atoms with E-state index in [9.17, 15) is 18.0 Å². The van der Waals surface area contributed by atoms with Gasteiger partial charge in [0.25, 0.3) is 5.91 Å². The van der Waals surface area contributed by atoms with Gasteiger partial charge >= 0.3 is 6.18 Å². The molecule has 0 radical (unpaired) electrons. The molecule has 5 nitrogen and oxygen atoms in total. The Kier molecular flexibility index (Phi) is 4.31. The molecular weight excluding hydrogens is 321 g/mol. The van der Waals surface area contributed by atoms with Gasteiger partial charge < -0.3 is 10.6 Å². The maximum Gasteiger partial charge on any atom is 0.435 e. The Bertz CT molecular complexity index is 741. The molecule has 1 atom stereocenters. The van der Waals surface area contributed by atoms with Crippen LogP contribution in [0.5, 0.6) is 0 Å². The molecule has 8 heteroatoms. The summed E-state index contributed by atoms with van der Waals surface area (Å²) < 4.78 is 39.1. The van der Waals surface area contributed by atoms with Crippen molar-refractivity contribution in [2.45, 2.75) is 25.1 Å². The number of nitrogens with two attached hydrogens (primary N) is 1. The van der Waals surface area contributed by atoms with E-state index in [1.54, 1.807) is 23.1 Å². The Hall–Kier alpha value is -2.35. The van der Waals surface area contributed by atoms with Gasteiger partial charge in [0.05, 0.1) is 5.69 Å². The van der Waals surface area contributed by atoms with Crippen molar-refractivity contribution in [1.82, 2.24) is 14.7 Å². The number of benzene rings is 1. The van der Waals surface area contributed by atoms with Crippen LogP contribution in [0.3, 0.4) is 0 Å². The maximum absolute atomic E-state index is 12.7. The van der Waals surface area contributed by atoms with Crippen molar-refractivity contribution in [2.75, 3.05) is 13.1 Å². The van der Waals surface area contributed by atoms with Crippen molar-refractivity contribution >= 4 is 5.91 Å². The van der Waals surface area contributed by atoms with Gasteiger partial charge in [-0.2, -0.15) is 18.3 Å². The largest absolute Gasteiger partial charge is 0.435 e. The summed E-state index contributed by atoms with van der Waals surface area (Å²) in [6.07, 6.45) is -1.54. The summed E-state index contributed by atoms with van der Waals surface area (Å²) in [7, 11) is 0. The van der Waals surface area contributed by atoms with E-state index in [1.165, 1.54) is 12.3 Å². The quantitative estimate of drug-likeness (QED) is 0.915. The zero-order chi connectivity index (χ0) is 17.3. The number of aromatic nitrogens is 2. The number of nitrogens with zero attached hydrogens (tertiary/aromatic N) is 3. The predicted octanol–water partition coefficient (Wildman–Crippen LogP) is 2.45. The van der Waals surface area contributed by atoms with E-state index >= 15 is 0 Å². The number of carbonyl (C=O) groups excluding carboxylic acids is 1. The molecule has 1 aliphatic rings. The molecule has 24 heavy (non-hydrogen) atoms. The zero-order valence-corrected chi connectivity index (χ0v) is 12.8. The average molecular weight is 338 g/mol. The summed E-state index contributed by atoms with van der Waals surface area (Å²) in [6, 6.07) is 7.27. The van der Waals surface area contributed by atoms with Crippen LogP contribution in [0.15, 0.2) is 36.5 Å². The molecule has 1 saturated heterocycles. The lowest BCUT2D eigenvalue weighted by Gasteiger charge is -2.30. The first-order valence-corrected chi connectivity index (χ1v) is 7.63. The van der Waals surface area contributed by atoms with Gasteiger partial charge in [-0.1, -0.05) is 6.07 Å². The molecule has 1 amide bonds. The molecule has 1 aliphatic heterocycles. The highest BCUT2D eigenvalue weighted by Crippen LogP contribution is 2.28. The molecule has 3 rings (SSSR count). The van der Waals surface area contributed by atoms with Gasteiger partial charge in [0.2, 0.25) is 0 Å². The normalized spacial score (nSPS) is 18.7. The number of hydrogen-bond donors (Lipinski definition) is 1. The first kappa shape index (κ1) is 16.5. The maximum atomic E-state index is 12.7. The molecule has 0 spiro atoms. The molecule has 2 aromatic rings. The third-order valence-corrected chi connectivity index (χ3v) is 3.98. The monoisotopic (exact) mass is 338 g/mol. The SMILES string of the molecule is N[C@@H]1CCCN(C(=O)c2cccc(-n3ccc(C(F)(F)F)n3)c2)C1. The minimum atomic E-state index is -4.50. The molecule has 0 aliphatic carbocycles. The Labute approximate surface area is 136 Å². The van der Waals surface area contributed by atoms with Crippen LogP contribution < -0.4 is 5.73 Å². The first-order valence-electron chi connectivity index (χ1n) is 7.63. The van der Waals surface area contributed by atoms with Crippen LogP contribution >= 0.6 is 0 Å². The summed E-state index contributed by atoms with van der Waals surface area (Å²) in [4.78, 5) is 14.2. The molecule has 1 aromatic heterocycles. The molecule has 0 bridgehead atoms. The van der Waals surface area contributed by atoms with Crippen LogP contribution in [0, 0.1) is 0 Å². The van der Waals surface area contributed by atoms with Crippen molar-refractivity contribution in [3.8, 4) is 5.69 Å². The smallest absolute Gasteiger partial charge is 0.337 e. The van der Waals surface area contributed by atoms with Crippen molar-refractivity contribution in [2.24, 2.45) is 5.73 Å². The van der Waals surface area contributed by atoms with Crippen LogP contribution in [0.2, 0.25) is 0 Å². The molecule has 1 fully saturated rings. The van der Waals surface area contributed by atoms with Crippen molar-refractivity contribution < 1.29 is 18.0 Å². The average Bonchev–Trinajstić information content (AvgIpc) is 3.04. The summed E-state index contributed by atoms with van der Waals surface area (Å²) in [5.74, 6) is -0.171. The molecular formula is C16H17F3N4O. The van der Waals surface area contributed by atoms with E-state index in [-0.39, 0.29) is 11.9 Å². The van der Waals surface area contributed by atoms with Crippen LogP contribution in [-0.2, 0) is 6.18 Å². The van der Waals surface area contributed by atoms with Gasteiger partial charge in [0, 0.05) is 30.9 Å². The van der Waals surface area contributed by atoms with Gasteiger partial charge in [-0.05, 0) is 37.1 Å². The number of hydrogen-bond acceptors (Lipinski definition) is 3. The van der Waals surface area contributed by atoms with E-state index in [0.717, 1.165) is 23.6 Å². The van der Waals surface area contributed by atoms with Gasteiger partial charge in [0.15, 0.2) is 5.69 Å². The highest BCUT2D eigenvalue weighted by molar-refractivity contribution is 5.94. The number of carbonyl (C=O) groups is 1. The predicted molar refractivity (Wildman–Crippen MR) is 81.7 cm³/mol. The second-order valence-electron chi connectivity index (χ2n) is 5.85. The molecule has 1 aromatic carbocycles. The van der Waals surface area contributed by atoms with Gasteiger partial charge in [-0.3, -0.25) is 4.79 Å². The van der Waals surface area contributed by atoms with Crippen LogP contribution in [0.1, 0.15) is 28.9 Å². The second kappa shape index (κ2) is 6.27. The van der Waals surface area contributed by atoms with Gasteiger partial charge in [-0.15, -0.1) is 0 Å². The van der Waals surface area contributed by atoms with Gasteiger partial charge in [0.1, 0.15) is 0 Å². The van der Waals surface area contributed by atoms with Crippen LogP contribution in [-0.4, -0.2) is 39.7 Å². The first-order chi connectivity index (χ1) is 11.3. The standard InChI is InChI=1S/C16H17F3N4O/c17-16(18,19)14-6-8-23(21-14)13-5-1-3-11(9-13)15(24)22-7-2-4-12(20)10-22/h1,3,5-6,8-9,12H,2,4,7,10,20H2/t12-/m1/s1. The van der Waals surface area contributed by atoms with Gasteiger partial charge in [-0.25, -0.2) is 4.68 Å². The third kappa shape index (κ3) is 3.43. The fourth-order valence-corrected chi connectivity index (χ4v) is 2.78. The minimum Gasteiger partial charge on any atom is -0.337 e. The molecule has 2 heterocycles. The Morgan fingerprint density at radius 3 is 2.75 bits per heavy atom. The van der Waals surface area contributed by atoms with Crippen molar-refractivity contribution in [3.05, 3.63) is 47.8 Å². The van der Waals surface area contributed by atoms with E-state index in [4.69, 9.17) is 5.73 Å². The molecule has 128 valence electrons. The fraction of sp³-hybridized carbons (Fsp3) is 0.375. The number of amides is 1. The number of piperidine rings is 1. The molecule has 2 N–H and O–H groups in total. The topological polar surface area (TPSA) is 64.2 Å². The van der Waals surface area contributed by atoms with E-state index in [0.29, 0.717) is 24.3 Å². The number of alkyl halides is 3. The number of likely N-dealkylation sites (tertiary alicyclic amines) is 1. The number of halogens is 3. The second-order valence-corrected chi connectivity index (χ2v) is 5.85. The lowest BCUT2D eigenvalue weighted by Crippen LogP contribution is -2.45. The minimum absolute atomic E-state index is 0.0358. The van der Waals surface area contributed by atoms with Crippen molar-refractivity contribution in [1.29, 1.82) is 0 Å². The third-order valence-electron chi connectivity index (χ3n) is 3.98. The summed E-state index contributed by atoms with van der Waals surface area (Å²) >= 11 is 0. The van der Waals surface area contributed by atoms with Crippen molar-refractivity contribution in [3.63, 3.8) is 0 Å². The Balaban J connectivity index is 1.84. The Morgan fingerprint density at radius 2 is 2.08 bits per heavy atom. The van der Waals surface area contributed by atoms with E-state index < -0.39 is 11.9 Å². The Morgan fingerprint density at radius 1 is 1.29 bits per heavy atom. The highest BCUT2D eigenvalue weighted by atomic mass is 19.4. The fourth-order valence-electron chi connectivity index (χ4n) is 2.78. The lowest BCUT2D eigenvalue weighted by molar-refractivity contribution is -0.141. The van der Waals surface area contributed by atoms with Crippen LogP contribution in [0.25, 0.3) is 5.69 Å². The number of rotatable bonds is 2. The van der Waals surface area contributed by atoms with Crippen LogP contribution in [0.4, 0.5) is 13.2 Å². The zero-order valence-electron chi connectivity index (χ0n) is 12.8. The lowest BCUT2D eigenvalue weighted by atomic mass is 10.1. The molecule has 0 unspecified atom stereocenters. The summed E-state index contributed by atoms with van der Waals surface area (Å²) in [5.41, 5.74) is 5.73. The van der Waals surface area contributed by atoms with E-state index in [2.05, 4.69) is 5.10 Å². The highest BCUT2D eigenvalue weighted by Gasteiger charge is 2.33. The van der Waals surface area contributed by atoms with E-state index in [1.807, 2.05) is 0 Å².